The van der Waals surface area contributed by atoms with Gasteiger partial charge in [-0.25, -0.2) is 13.6 Å². The van der Waals surface area contributed by atoms with Gasteiger partial charge in [-0.05, 0) is 18.9 Å². The Bertz CT molecular complexity index is 1130. The number of nitrogen functional groups attached to an aromatic ring is 1. The highest BCUT2D eigenvalue weighted by Gasteiger charge is 2.67. The average Bonchev–Trinajstić information content (AvgIpc) is 3.09. The van der Waals surface area contributed by atoms with Crippen molar-refractivity contribution in [1.29, 1.82) is 0 Å². The number of nitro benzene ring substituents is 1. The smallest absolute Gasteiger partial charge is 0.341 e. The number of hydrogen-bond donors (Lipinski definition) is 1. The summed E-state index contributed by atoms with van der Waals surface area (Å²) in [5.41, 5.74) is 3.56. The van der Waals surface area contributed by atoms with Gasteiger partial charge in [0.2, 0.25) is 0 Å². The highest BCUT2D eigenvalue weighted by atomic mass is 19.1. The van der Waals surface area contributed by atoms with Crippen molar-refractivity contribution in [3.63, 3.8) is 0 Å². The molecule has 4 aliphatic rings. The van der Waals surface area contributed by atoms with Crippen LogP contribution in [0.25, 0.3) is 0 Å². The molecule has 11 nitrogen and oxygen atoms in total. The van der Waals surface area contributed by atoms with E-state index in [2.05, 4.69) is 0 Å². The van der Waals surface area contributed by atoms with E-state index < -0.39 is 82.7 Å². The van der Waals surface area contributed by atoms with Gasteiger partial charge in [0.15, 0.2) is 0 Å². The summed E-state index contributed by atoms with van der Waals surface area (Å²) in [6.45, 7) is 2.32. The van der Waals surface area contributed by atoms with Gasteiger partial charge in [0.25, 0.3) is 5.69 Å². The van der Waals surface area contributed by atoms with E-state index in [1.165, 1.54) is 6.07 Å². The number of hydrogen-bond acceptors (Lipinski definition) is 10. The molecule has 0 amide bonds. The summed E-state index contributed by atoms with van der Waals surface area (Å²) in [4.78, 5) is 47.0. The van der Waals surface area contributed by atoms with Crippen molar-refractivity contribution in [3.8, 4) is 0 Å². The minimum Gasteiger partial charge on any atom is -0.459 e. The quantitative estimate of drug-likeness (QED) is 0.205. The lowest BCUT2D eigenvalue weighted by Gasteiger charge is -2.57. The summed E-state index contributed by atoms with van der Waals surface area (Å²) in [6.07, 6.45) is -7.59. The number of nitro groups is 1. The highest BCUT2D eigenvalue weighted by molar-refractivity contribution is 6.02. The molecule has 2 heterocycles. The Labute approximate surface area is 209 Å². The largest absolute Gasteiger partial charge is 0.459 e. The van der Waals surface area contributed by atoms with Crippen molar-refractivity contribution in [2.45, 2.75) is 81.9 Å². The van der Waals surface area contributed by atoms with E-state index in [0.29, 0.717) is 0 Å². The number of esters is 3. The second-order valence-corrected chi connectivity index (χ2v) is 10.1. The zero-order chi connectivity index (χ0) is 26.8. The molecule has 0 bridgehead atoms. The van der Waals surface area contributed by atoms with Gasteiger partial charge in [0.1, 0.15) is 35.8 Å². The maximum Gasteiger partial charge on any atom is 0.341 e. The van der Waals surface area contributed by atoms with Gasteiger partial charge in [-0.1, -0.05) is 0 Å². The molecular formula is C24H26F2N2O9. The molecule has 2 aliphatic carbocycles. The first-order chi connectivity index (χ1) is 17.4. The van der Waals surface area contributed by atoms with Gasteiger partial charge in [0.05, 0.1) is 22.7 Å². The van der Waals surface area contributed by atoms with Crippen LogP contribution in [0.1, 0.15) is 55.5 Å². The summed E-state index contributed by atoms with van der Waals surface area (Å²) < 4.78 is 53.2. The second kappa shape index (κ2) is 8.89. The molecule has 2 aliphatic heterocycles. The predicted molar refractivity (Wildman–Crippen MR) is 120 cm³/mol. The summed E-state index contributed by atoms with van der Waals surface area (Å²) in [5.74, 6) is -3.90. The van der Waals surface area contributed by atoms with Crippen LogP contribution in [-0.2, 0) is 34.1 Å². The van der Waals surface area contributed by atoms with Crippen LogP contribution in [0.3, 0.4) is 0 Å². The van der Waals surface area contributed by atoms with Crippen LogP contribution in [0.2, 0.25) is 0 Å². The van der Waals surface area contributed by atoms with E-state index in [0.717, 1.165) is 19.9 Å². The van der Waals surface area contributed by atoms with Crippen LogP contribution in [0.4, 0.5) is 20.2 Å². The van der Waals surface area contributed by atoms with Crippen molar-refractivity contribution in [2.75, 3.05) is 5.73 Å². The van der Waals surface area contributed by atoms with Crippen LogP contribution >= 0.6 is 0 Å². The molecule has 2 N–H and O–H groups in total. The lowest BCUT2D eigenvalue weighted by molar-refractivity contribution is -0.383. The summed E-state index contributed by atoms with van der Waals surface area (Å²) in [7, 11) is 0. The van der Waals surface area contributed by atoms with E-state index >= 15 is 8.78 Å². The highest BCUT2D eigenvalue weighted by Crippen LogP contribution is 2.61. The number of benzene rings is 1. The standard InChI is InChI=1S/C24H26F2N2O9/c1-9(29)34-19-7-17-12(5-14(19)25)24(13-6-15(26)20(35-10(2)30)8-18(13)36-17)11-3-4-16(28(32)33)22(27)21(11)23(31)37-24/h3-4,12-15,17-20H,5-8,27H2,1-2H3. The van der Waals surface area contributed by atoms with Crippen molar-refractivity contribution in [3.05, 3.63) is 33.4 Å². The van der Waals surface area contributed by atoms with Gasteiger partial charge < -0.3 is 24.7 Å². The van der Waals surface area contributed by atoms with Crippen LogP contribution in [0, 0.1) is 22.0 Å². The first-order valence-corrected chi connectivity index (χ1v) is 12.0. The fourth-order valence-electron chi connectivity index (χ4n) is 6.67. The van der Waals surface area contributed by atoms with Crippen LogP contribution < -0.4 is 5.73 Å². The molecule has 1 saturated heterocycles. The second-order valence-electron chi connectivity index (χ2n) is 10.1. The molecular weight excluding hydrogens is 498 g/mol. The van der Waals surface area contributed by atoms with E-state index in [1.807, 2.05) is 0 Å². The normalized spacial score (nSPS) is 38.1. The third-order valence-electron chi connectivity index (χ3n) is 7.98. The molecule has 8 atom stereocenters. The summed E-state index contributed by atoms with van der Waals surface area (Å²) >= 11 is 0. The van der Waals surface area contributed by atoms with E-state index in [4.69, 9.17) is 24.7 Å². The fraction of sp³-hybridized carbons (Fsp3) is 0.625. The lowest BCUT2D eigenvalue weighted by Crippen LogP contribution is -2.64. The zero-order valence-electron chi connectivity index (χ0n) is 20.1. The molecule has 1 aromatic rings. The van der Waals surface area contributed by atoms with Crippen molar-refractivity contribution in [2.24, 2.45) is 11.8 Å². The Morgan fingerprint density at radius 1 is 1.03 bits per heavy atom. The van der Waals surface area contributed by atoms with Gasteiger partial charge in [-0.15, -0.1) is 0 Å². The molecule has 200 valence electrons. The molecule has 1 spiro atoms. The third-order valence-corrected chi connectivity index (χ3v) is 7.98. The van der Waals surface area contributed by atoms with Crippen LogP contribution in [0.5, 0.6) is 0 Å². The maximum atomic E-state index is 15.3. The van der Waals surface area contributed by atoms with E-state index in [-0.39, 0.29) is 42.5 Å². The van der Waals surface area contributed by atoms with Gasteiger partial charge in [-0.3, -0.25) is 19.7 Å². The average molecular weight is 524 g/mol. The Kier molecular flexibility index (Phi) is 6.08. The number of fused-ring (bicyclic) bond motifs is 6. The fourth-order valence-corrected chi connectivity index (χ4v) is 6.67. The van der Waals surface area contributed by atoms with Crippen LogP contribution in [-0.4, -0.2) is 59.6 Å². The topological polar surface area (TPSA) is 157 Å². The summed E-state index contributed by atoms with van der Waals surface area (Å²) in [6, 6.07) is 2.50. The number of rotatable bonds is 3. The minimum absolute atomic E-state index is 0.0526. The number of nitrogens with zero attached hydrogens (tertiary/aromatic N) is 1. The monoisotopic (exact) mass is 524 g/mol. The first kappa shape index (κ1) is 25.3. The zero-order valence-corrected chi connectivity index (χ0v) is 20.1. The summed E-state index contributed by atoms with van der Waals surface area (Å²) in [5, 5.41) is 11.5. The number of anilines is 1. The van der Waals surface area contributed by atoms with Gasteiger partial charge >= 0.3 is 17.9 Å². The first-order valence-electron chi connectivity index (χ1n) is 12.0. The third kappa shape index (κ3) is 3.90. The molecule has 37 heavy (non-hydrogen) atoms. The molecule has 1 aromatic carbocycles. The molecule has 8 unspecified atom stereocenters. The lowest BCUT2D eigenvalue weighted by atomic mass is 9.58. The Morgan fingerprint density at radius 2 is 1.54 bits per heavy atom. The Morgan fingerprint density at radius 3 is 2.00 bits per heavy atom. The van der Waals surface area contributed by atoms with E-state index in [1.54, 1.807) is 0 Å². The Balaban J connectivity index is 1.63. The molecule has 3 fully saturated rings. The van der Waals surface area contributed by atoms with Crippen LogP contribution in [0.15, 0.2) is 12.1 Å². The number of halogens is 2. The van der Waals surface area contributed by atoms with Crippen molar-refractivity contribution >= 4 is 29.3 Å². The van der Waals surface area contributed by atoms with Crippen molar-refractivity contribution in [1.82, 2.24) is 0 Å². The molecule has 13 heteroatoms. The number of ether oxygens (including phenoxy) is 4. The van der Waals surface area contributed by atoms with E-state index in [9.17, 15) is 24.5 Å². The number of nitrogens with two attached hydrogens (primary N) is 1. The number of carbonyl (C=O) groups is 3. The molecule has 2 saturated carbocycles. The SMILES string of the molecule is CC(=O)OC1CC2OC3CC(OC(C)=O)C(F)CC3C3(OC(=O)c4c3ccc([N+](=O)[O-])c4N)C2CC1F. The number of alkyl halides is 2. The minimum atomic E-state index is -1.63. The van der Waals surface area contributed by atoms with Crippen molar-refractivity contribution < 1.29 is 47.0 Å². The molecule has 0 aromatic heterocycles. The maximum absolute atomic E-state index is 15.3. The molecule has 0 radical (unpaired) electrons. The molecule has 5 rings (SSSR count). The number of carbonyl (C=O) groups excluding carboxylic acids is 3. The Hall–Kier alpha value is -3.35. The predicted octanol–water partition coefficient (Wildman–Crippen LogP) is 2.67. The van der Waals surface area contributed by atoms with Gasteiger partial charge in [-0.2, -0.15) is 0 Å². The van der Waals surface area contributed by atoms with Gasteiger partial charge in [0, 0.05) is 50.2 Å².